The van der Waals surface area contributed by atoms with Crippen molar-refractivity contribution in [3.05, 3.63) is 45.9 Å². The maximum Gasteiger partial charge on any atom is 0.0995 e. The summed E-state index contributed by atoms with van der Waals surface area (Å²) in [5.74, 6) is 0.336. The van der Waals surface area contributed by atoms with Crippen LogP contribution < -0.4 is 5.73 Å². The fourth-order valence-corrected chi connectivity index (χ4v) is 3.13. The molecule has 0 radical (unpaired) electrons. The molecule has 1 aliphatic heterocycles. The molecule has 4 nitrogen and oxygen atoms in total. The molecule has 1 aromatic heterocycles. The van der Waals surface area contributed by atoms with Gasteiger partial charge < -0.3 is 15.0 Å². The summed E-state index contributed by atoms with van der Waals surface area (Å²) in [6, 6.07) is 5.65. The van der Waals surface area contributed by atoms with Crippen LogP contribution in [-0.4, -0.2) is 22.8 Å². The lowest BCUT2D eigenvalue weighted by Crippen LogP contribution is -2.24. The van der Waals surface area contributed by atoms with Crippen LogP contribution in [-0.2, 0) is 4.74 Å². The van der Waals surface area contributed by atoms with Crippen LogP contribution in [0.15, 0.2) is 35.2 Å². The molecule has 106 valence electrons. The molecular weight excluding hydrogens is 342 g/mol. The van der Waals surface area contributed by atoms with Gasteiger partial charge in [0.1, 0.15) is 0 Å². The molecule has 3 rings (SSSR count). The van der Waals surface area contributed by atoms with E-state index in [0.717, 1.165) is 28.9 Å². The van der Waals surface area contributed by atoms with E-state index in [1.165, 1.54) is 0 Å². The fourth-order valence-electron chi connectivity index (χ4n) is 2.51. The summed E-state index contributed by atoms with van der Waals surface area (Å²) in [5.41, 5.74) is 8.30. The number of hydrogen-bond acceptors (Lipinski definition) is 3. The lowest BCUT2D eigenvalue weighted by molar-refractivity contribution is 0.180. The monoisotopic (exact) mass is 355 g/mol. The van der Waals surface area contributed by atoms with Crippen LogP contribution in [0.5, 0.6) is 0 Å². The number of nitrogens with zero attached hydrogens (tertiary/aromatic N) is 2. The first-order valence-corrected chi connectivity index (χ1v) is 7.65. The van der Waals surface area contributed by atoms with Gasteiger partial charge in [0.25, 0.3) is 0 Å². The molecule has 2 aromatic rings. The first kappa shape index (κ1) is 14.1. The number of imidazole rings is 1. The third-order valence-electron chi connectivity index (χ3n) is 3.67. The molecule has 2 atom stereocenters. The van der Waals surface area contributed by atoms with Crippen molar-refractivity contribution in [3.8, 4) is 5.69 Å². The Kier molecular flexibility index (Phi) is 4.12. The molecule has 2 heterocycles. The van der Waals surface area contributed by atoms with Crippen molar-refractivity contribution in [1.82, 2.24) is 9.55 Å². The largest absolute Gasteiger partial charge is 0.381 e. The summed E-state index contributed by atoms with van der Waals surface area (Å²) >= 11 is 9.68. The van der Waals surface area contributed by atoms with Crippen molar-refractivity contribution < 1.29 is 4.74 Å². The normalized spacial score (nSPS) is 20.2. The third-order valence-corrected chi connectivity index (χ3v) is 5.05. The minimum Gasteiger partial charge on any atom is -0.381 e. The Morgan fingerprint density at radius 3 is 3.10 bits per heavy atom. The maximum absolute atomic E-state index is 6.38. The van der Waals surface area contributed by atoms with Crippen molar-refractivity contribution >= 4 is 27.5 Å². The number of rotatable bonds is 3. The summed E-state index contributed by atoms with van der Waals surface area (Å²) in [6.45, 7) is 1.50. The fraction of sp³-hybridized carbons (Fsp3) is 0.357. The second-order valence-corrected chi connectivity index (χ2v) is 6.11. The molecule has 0 amide bonds. The molecule has 20 heavy (non-hydrogen) atoms. The predicted molar refractivity (Wildman–Crippen MR) is 82.1 cm³/mol. The Labute approximate surface area is 131 Å². The average molecular weight is 357 g/mol. The van der Waals surface area contributed by atoms with Crippen molar-refractivity contribution in [3.63, 3.8) is 0 Å². The van der Waals surface area contributed by atoms with Gasteiger partial charge in [0, 0.05) is 12.5 Å². The summed E-state index contributed by atoms with van der Waals surface area (Å²) in [7, 11) is 0. The summed E-state index contributed by atoms with van der Waals surface area (Å²) in [6.07, 6.45) is 4.57. The molecule has 1 aromatic carbocycles. The number of benzene rings is 1. The van der Waals surface area contributed by atoms with Gasteiger partial charge in [0.2, 0.25) is 0 Å². The molecule has 1 fully saturated rings. The molecule has 6 heteroatoms. The van der Waals surface area contributed by atoms with E-state index in [0.29, 0.717) is 17.5 Å². The summed E-state index contributed by atoms with van der Waals surface area (Å²) < 4.78 is 8.25. The molecule has 0 aliphatic carbocycles. The number of hydrogen-bond donors (Lipinski definition) is 1. The summed E-state index contributed by atoms with van der Waals surface area (Å²) in [5, 5.41) is 0.667. The van der Waals surface area contributed by atoms with Crippen LogP contribution in [0.2, 0.25) is 5.02 Å². The molecular formula is C14H15BrClN3O. The molecule has 1 saturated heterocycles. The van der Waals surface area contributed by atoms with Crippen LogP contribution in [0.1, 0.15) is 18.2 Å². The average Bonchev–Trinajstić information content (AvgIpc) is 3.11. The van der Waals surface area contributed by atoms with Gasteiger partial charge in [-0.3, -0.25) is 0 Å². The first-order valence-electron chi connectivity index (χ1n) is 6.48. The van der Waals surface area contributed by atoms with Crippen molar-refractivity contribution in [2.45, 2.75) is 12.5 Å². The van der Waals surface area contributed by atoms with E-state index in [9.17, 15) is 0 Å². The quantitative estimate of drug-likeness (QED) is 0.918. The van der Waals surface area contributed by atoms with Crippen LogP contribution in [0, 0.1) is 5.92 Å². The van der Waals surface area contributed by atoms with E-state index in [4.69, 9.17) is 22.1 Å². The van der Waals surface area contributed by atoms with Crippen LogP contribution >= 0.6 is 27.5 Å². The van der Waals surface area contributed by atoms with Gasteiger partial charge in [-0.1, -0.05) is 17.7 Å². The number of nitrogens with two attached hydrogens (primary N) is 1. The molecule has 0 bridgehead atoms. The van der Waals surface area contributed by atoms with Gasteiger partial charge in [-0.25, -0.2) is 4.98 Å². The molecule has 2 unspecified atom stereocenters. The highest BCUT2D eigenvalue weighted by atomic mass is 79.9. The zero-order chi connectivity index (χ0) is 14.1. The van der Waals surface area contributed by atoms with Crippen LogP contribution in [0.4, 0.5) is 0 Å². The molecule has 0 saturated carbocycles. The van der Waals surface area contributed by atoms with Crippen molar-refractivity contribution in [2.24, 2.45) is 11.7 Å². The van der Waals surface area contributed by atoms with E-state index >= 15 is 0 Å². The van der Waals surface area contributed by atoms with E-state index in [2.05, 4.69) is 20.9 Å². The zero-order valence-electron chi connectivity index (χ0n) is 10.8. The lowest BCUT2D eigenvalue weighted by Gasteiger charge is -2.20. The highest BCUT2D eigenvalue weighted by Crippen LogP contribution is 2.33. The number of ether oxygens (including phenoxy) is 1. The van der Waals surface area contributed by atoms with E-state index in [-0.39, 0.29) is 6.04 Å². The third kappa shape index (κ3) is 2.51. The molecule has 2 N–H and O–H groups in total. The maximum atomic E-state index is 6.38. The number of aromatic nitrogens is 2. The Morgan fingerprint density at radius 1 is 1.50 bits per heavy atom. The topological polar surface area (TPSA) is 53.1 Å². The minimum atomic E-state index is -0.0918. The van der Waals surface area contributed by atoms with Gasteiger partial charge >= 0.3 is 0 Å². The lowest BCUT2D eigenvalue weighted by atomic mass is 9.97. The van der Waals surface area contributed by atoms with Gasteiger partial charge in [-0.05, 0) is 34.5 Å². The van der Waals surface area contributed by atoms with Crippen molar-refractivity contribution in [2.75, 3.05) is 13.2 Å². The van der Waals surface area contributed by atoms with Gasteiger partial charge in [0.05, 0.1) is 46.0 Å². The Morgan fingerprint density at radius 2 is 2.35 bits per heavy atom. The highest BCUT2D eigenvalue weighted by Gasteiger charge is 2.27. The smallest absolute Gasteiger partial charge is 0.0995 e. The van der Waals surface area contributed by atoms with E-state index in [1.807, 2.05) is 29.0 Å². The SMILES string of the molecule is NC(c1cncn1-c1cccc(Cl)c1Br)C1CCOC1. The Hall–Kier alpha value is -0.880. The molecule has 0 spiro atoms. The van der Waals surface area contributed by atoms with Crippen LogP contribution in [0.3, 0.4) is 0 Å². The van der Waals surface area contributed by atoms with E-state index in [1.54, 1.807) is 6.33 Å². The Balaban J connectivity index is 1.99. The Bertz CT molecular complexity index is 610. The second kappa shape index (κ2) is 5.85. The summed E-state index contributed by atoms with van der Waals surface area (Å²) in [4.78, 5) is 4.24. The first-order chi connectivity index (χ1) is 9.68. The van der Waals surface area contributed by atoms with Crippen LogP contribution in [0.25, 0.3) is 5.69 Å². The molecule has 1 aliphatic rings. The second-order valence-electron chi connectivity index (χ2n) is 4.91. The van der Waals surface area contributed by atoms with Gasteiger partial charge in [-0.2, -0.15) is 0 Å². The minimum absolute atomic E-state index is 0.0918. The van der Waals surface area contributed by atoms with Gasteiger partial charge in [-0.15, -0.1) is 0 Å². The highest BCUT2D eigenvalue weighted by molar-refractivity contribution is 9.10. The van der Waals surface area contributed by atoms with Crippen molar-refractivity contribution in [1.29, 1.82) is 0 Å². The number of halogens is 2. The zero-order valence-corrected chi connectivity index (χ0v) is 13.1. The predicted octanol–water partition coefficient (Wildman–Crippen LogP) is 3.32. The van der Waals surface area contributed by atoms with Gasteiger partial charge in [0.15, 0.2) is 0 Å². The van der Waals surface area contributed by atoms with E-state index < -0.39 is 0 Å². The standard InChI is InChI=1S/C14H15BrClN3O/c15-13-10(16)2-1-3-11(13)19-8-18-6-12(19)14(17)9-4-5-20-7-9/h1-3,6,8-9,14H,4-5,7,17H2.